The van der Waals surface area contributed by atoms with Gasteiger partial charge in [0.1, 0.15) is 0 Å². The number of aryl methyl sites for hydroxylation is 1. The van der Waals surface area contributed by atoms with Crippen LogP contribution in [-0.4, -0.2) is 0 Å². The topological polar surface area (TPSA) is 0 Å². The van der Waals surface area contributed by atoms with Crippen molar-refractivity contribution < 1.29 is 0 Å². The van der Waals surface area contributed by atoms with Gasteiger partial charge in [0.25, 0.3) is 0 Å². The Hall–Kier alpha value is -0.560. The van der Waals surface area contributed by atoms with E-state index in [0.717, 1.165) is 0 Å². The Balaban J connectivity index is 3.18. The molecule has 0 N–H and O–H groups in total. The van der Waals surface area contributed by atoms with Crippen LogP contribution in [0.2, 0.25) is 0 Å². The minimum atomic E-state index is 1.28. The van der Waals surface area contributed by atoms with Gasteiger partial charge in [0.05, 0.1) is 0 Å². The zero-order chi connectivity index (χ0) is 6.85. The second kappa shape index (κ2) is 2.36. The lowest BCUT2D eigenvalue weighted by Gasteiger charge is -1.88. The first-order valence-electron chi connectivity index (χ1n) is 2.93. The molecule has 9 heavy (non-hydrogen) atoms. The molecule has 1 aromatic heterocycles. The van der Waals surface area contributed by atoms with Crippen LogP contribution < -0.4 is 0 Å². The molecule has 1 heteroatoms. The fourth-order valence-corrected chi connectivity index (χ4v) is 1.60. The van der Waals surface area contributed by atoms with Crippen LogP contribution in [0.3, 0.4) is 0 Å². The Labute approximate surface area is 59.8 Å². The summed E-state index contributed by atoms with van der Waals surface area (Å²) in [5, 5.41) is 2.14. The van der Waals surface area contributed by atoms with Gasteiger partial charge in [-0.1, -0.05) is 12.7 Å². The molecule has 0 radical (unpaired) electrons. The van der Waals surface area contributed by atoms with Gasteiger partial charge in [0.15, 0.2) is 0 Å². The van der Waals surface area contributed by atoms with Crippen LogP contribution in [-0.2, 0) is 0 Å². The van der Waals surface area contributed by atoms with E-state index >= 15 is 0 Å². The normalized spacial score (nSPS) is 9.56. The number of thiophene rings is 1. The van der Waals surface area contributed by atoms with E-state index in [-0.39, 0.29) is 0 Å². The fourth-order valence-electron chi connectivity index (χ4n) is 0.733. The Morgan fingerprint density at radius 1 is 1.56 bits per heavy atom. The molecule has 0 saturated heterocycles. The lowest BCUT2D eigenvalue weighted by atomic mass is 10.2. The number of hydrogen-bond acceptors (Lipinski definition) is 1. The second-order valence-electron chi connectivity index (χ2n) is 2.08. The Kier molecular flexibility index (Phi) is 1.72. The molecule has 0 aliphatic heterocycles. The smallest absolute Gasteiger partial charge is 0.00495 e. The average Bonchev–Trinajstić information content (AvgIpc) is 2.15. The zero-order valence-electron chi connectivity index (χ0n) is 5.77. The largest absolute Gasteiger partial charge is 0.148 e. The Bertz CT molecular complexity index is 220. The summed E-state index contributed by atoms with van der Waals surface area (Å²) < 4.78 is 0. The SMILES string of the molecule is C=Cc1csc(C)c1C. The maximum Gasteiger partial charge on any atom is 0.00495 e. The molecule has 0 atom stereocenters. The van der Waals surface area contributed by atoms with Crippen molar-refractivity contribution in [2.24, 2.45) is 0 Å². The summed E-state index contributed by atoms with van der Waals surface area (Å²) in [4.78, 5) is 1.39. The standard InChI is InChI=1S/C8H10S/c1-4-8-5-9-7(3)6(8)2/h4-5H,1H2,2-3H3. The van der Waals surface area contributed by atoms with E-state index in [2.05, 4.69) is 25.8 Å². The number of hydrogen-bond donors (Lipinski definition) is 0. The summed E-state index contributed by atoms with van der Waals surface area (Å²) in [5.74, 6) is 0. The van der Waals surface area contributed by atoms with E-state index < -0.39 is 0 Å². The molecular weight excluding hydrogens is 128 g/mol. The van der Waals surface area contributed by atoms with Crippen molar-refractivity contribution in [1.29, 1.82) is 0 Å². The molecule has 1 rings (SSSR count). The van der Waals surface area contributed by atoms with Crippen LogP contribution in [0, 0.1) is 13.8 Å². The van der Waals surface area contributed by atoms with Crippen molar-refractivity contribution in [3.05, 3.63) is 28.0 Å². The highest BCUT2D eigenvalue weighted by atomic mass is 32.1. The first kappa shape index (κ1) is 6.56. The molecule has 0 bridgehead atoms. The molecule has 0 aliphatic carbocycles. The van der Waals surface area contributed by atoms with Crippen molar-refractivity contribution in [2.75, 3.05) is 0 Å². The molecule has 0 nitrogen and oxygen atoms in total. The van der Waals surface area contributed by atoms with Crippen LogP contribution in [0.4, 0.5) is 0 Å². The summed E-state index contributed by atoms with van der Waals surface area (Å²) in [7, 11) is 0. The molecule has 0 saturated carbocycles. The van der Waals surface area contributed by atoms with Gasteiger partial charge in [-0.3, -0.25) is 0 Å². The minimum absolute atomic E-state index is 1.28. The summed E-state index contributed by atoms with van der Waals surface area (Å²) in [5.41, 5.74) is 2.65. The van der Waals surface area contributed by atoms with Crippen molar-refractivity contribution in [1.82, 2.24) is 0 Å². The predicted octanol–water partition coefficient (Wildman–Crippen LogP) is 3.01. The molecular formula is C8H10S. The average molecular weight is 138 g/mol. The minimum Gasteiger partial charge on any atom is -0.148 e. The van der Waals surface area contributed by atoms with E-state index in [1.165, 1.54) is 16.0 Å². The first-order valence-corrected chi connectivity index (χ1v) is 3.81. The van der Waals surface area contributed by atoms with Gasteiger partial charge in [-0.15, -0.1) is 11.3 Å². The van der Waals surface area contributed by atoms with Crippen molar-refractivity contribution in [2.45, 2.75) is 13.8 Å². The fraction of sp³-hybridized carbons (Fsp3) is 0.250. The lowest BCUT2D eigenvalue weighted by Crippen LogP contribution is -1.71. The van der Waals surface area contributed by atoms with Gasteiger partial charge in [-0.05, 0) is 30.4 Å². The molecule has 0 unspecified atom stereocenters. The maximum atomic E-state index is 3.71. The molecule has 0 spiro atoms. The molecule has 1 heterocycles. The molecule has 1 aromatic rings. The van der Waals surface area contributed by atoms with E-state index in [0.29, 0.717) is 0 Å². The van der Waals surface area contributed by atoms with Crippen LogP contribution in [0.5, 0.6) is 0 Å². The molecule has 0 amide bonds. The lowest BCUT2D eigenvalue weighted by molar-refractivity contribution is 1.43. The third-order valence-corrected chi connectivity index (χ3v) is 2.58. The highest BCUT2D eigenvalue weighted by molar-refractivity contribution is 7.10. The Morgan fingerprint density at radius 3 is 2.44 bits per heavy atom. The zero-order valence-corrected chi connectivity index (χ0v) is 6.59. The van der Waals surface area contributed by atoms with E-state index in [1.54, 1.807) is 11.3 Å². The molecule has 0 aliphatic rings. The summed E-state index contributed by atoms with van der Waals surface area (Å²) in [6, 6.07) is 0. The van der Waals surface area contributed by atoms with Crippen molar-refractivity contribution in [3.8, 4) is 0 Å². The summed E-state index contributed by atoms with van der Waals surface area (Å²) in [6.07, 6.45) is 1.90. The summed E-state index contributed by atoms with van der Waals surface area (Å²) >= 11 is 1.78. The molecule has 0 fully saturated rings. The van der Waals surface area contributed by atoms with E-state index in [9.17, 15) is 0 Å². The van der Waals surface area contributed by atoms with E-state index in [4.69, 9.17) is 0 Å². The number of rotatable bonds is 1. The predicted molar refractivity (Wildman–Crippen MR) is 43.9 cm³/mol. The highest BCUT2D eigenvalue weighted by Crippen LogP contribution is 2.20. The van der Waals surface area contributed by atoms with E-state index in [1.807, 2.05) is 6.08 Å². The molecule has 0 aromatic carbocycles. The van der Waals surface area contributed by atoms with Gasteiger partial charge in [-0.25, -0.2) is 0 Å². The summed E-state index contributed by atoms with van der Waals surface area (Å²) in [6.45, 7) is 7.97. The van der Waals surface area contributed by atoms with Gasteiger partial charge >= 0.3 is 0 Å². The second-order valence-corrected chi connectivity index (χ2v) is 3.16. The van der Waals surface area contributed by atoms with Crippen molar-refractivity contribution >= 4 is 17.4 Å². The van der Waals surface area contributed by atoms with Crippen LogP contribution >= 0.6 is 11.3 Å². The van der Waals surface area contributed by atoms with Crippen LogP contribution in [0.15, 0.2) is 12.0 Å². The Morgan fingerprint density at radius 2 is 2.22 bits per heavy atom. The quantitative estimate of drug-likeness (QED) is 0.559. The van der Waals surface area contributed by atoms with Gasteiger partial charge in [0, 0.05) is 4.88 Å². The molecule has 48 valence electrons. The third kappa shape index (κ3) is 1.06. The van der Waals surface area contributed by atoms with Gasteiger partial charge in [-0.2, -0.15) is 0 Å². The van der Waals surface area contributed by atoms with Crippen LogP contribution in [0.1, 0.15) is 16.0 Å². The van der Waals surface area contributed by atoms with Gasteiger partial charge in [0.2, 0.25) is 0 Å². The van der Waals surface area contributed by atoms with Crippen LogP contribution in [0.25, 0.3) is 6.08 Å². The van der Waals surface area contributed by atoms with Gasteiger partial charge < -0.3 is 0 Å². The highest BCUT2D eigenvalue weighted by Gasteiger charge is 1.97. The third-order valence-electron chi connectivity index (χ3n) is 1.54. The first-order chi connectivity index (χ1) is 4.25. The monoisotopic (exact) mass is 138 g/mol. The van der Waals surface area contributed by atoms with Crippen molar-refractivity contribution in [3.63, 3.8) is 0 Å². The maximum absolute atomic E-state index is 3.71.